The quantitative estimate of drug-likeness (QED) is 0.546. The summed E-state index contributed by atoms with van der Waals surface area (Å²) < 4.78 is 5.59. The van der Waals surface area contributed by atoms with Gasteiger partial charge in [-0.1, -0.05) is 25.5 Å². The first-order chi connectivity index (χ1) is 7.69. The Balaban J connectivity index is 2.81. The zero-order valence-electron chi connectivity index (χ0n) is 12.1. The molecular weight excluding hydrogens is 212 g/mol. The van der Waals surface area contributed by atoms with Crippen molar-refractivity contribution in [3.05, 3.63) is 11.6 Å². The van der Waals surface area contributed by atoms with Crippen LogP contribution in [-0.2, 0) is 9.53 Å². The van der Waals surface area contributed by atoms with Crippen molar-refractivity contribution >= 4 is 5.97 Å². The van der Waals surface area contributed by atoms with Gasteiger partial charge >= 0.3 is 5.97 Å². The first-order valence-corrected chi connectivity index (χ1v) is 6.52. The van der Waals surface area contributed by atoms with Crippen molar-refractivity contribution in [2.75, 3.05) is 0 Å². The molecule has 98 valence electrons. The van der Waals surface area contributed by atoms with Crippen LogP contribution in [0.3, 0.4) is 0 Å². The predicted molar refractivity (Wildman–Crippen MR) is 70.7 cm³/mol. The SMILES string of the molecule is CC(=O)OC1(C)CCC(CC=C(C)C)C1(C)C. The number of hydrogen-bond acceptors (Lipinski definition) is 2. The molecule has 0 aromatic heterocycles. The lowest BCUT2D eigenvalue weighted by Gasteiger charge is -2.40. The van der Waals surface area contributed by atoms with Crippen molar-refractivity contribution in [2.24, 2.45) is 11.3 Å². The summed E-state index contributed by atoms with van der Waals surface area (Å²) in [6.45, 7) is 12.3. The van der Waals surface area contributed by atoms with Crippen LogP contribution in [0, 0.1) is 11.3 Å². The van der Waals surface area contributed by atoms with Crippen molar-refractivity contribution in [3.63, 3.8) is 0 Å². The van der Waals surface area contributed by atoms with E-state index in [0.29, 0.717) is 5.92 Å². The molecule has 2 nitrogen and oxygen atoms in total. The fourth-order valence-electron chi connectivity index (χ4n) is 2.85. The molecule has 0 aromatic carbocycles. The molecule has 0 aliphatic heterocycles. The van der Waals surface area contributed by atoms with Crippen LogP contribution in [-0.4, -0.2) is 11.6 Å². The van der Waals surface area contributed by atoms with Crippen LogP contribution in [0.1, 0.15) is 60.8 Å². The lowest BCUT2D eigenvalue weighted by molar-refractivity contribution is -0.166. The van der Waals surface area contributed by atoms with Gasteiger partial charge in [-0.3, -0.25) is 4.79 Å². The fourth-order valence-corrected chi connectivity index (χ4v) is 2.85. The van der Waals surface area contributed by atoms with Crippen LogP contribution in [0.4, 0.5) is 0 Å². The molecule has 1 fully saturated rings. The van der Waals surface area contributed by atoms with Gasteiger partial charge in [-0.2, -0.15) is 0 Å². The molecule has 1 rings (SSSR count). The van der Waals surface area contributed by atoms with Crippen LogP contribution >= 0.6 is 0 Å². The van der Waals surface area contributed by atoms with E-state index in [1.54, 1.807) is 0 Å². The Kier molecular flexibility index (Phi) is 4.06. The highest BCUT2D eigenvalue weighted by atomic mass is 16.6. The molecule has 0 N–H and O–H groups in total. The third-order valence-electron chi connectivity index (χ3n) is 4.53. The van der Waals surface area contributed by atoms with E-state index in [1.807, 2.05) is 0 Å². The lowest BCUT2D eigenvalue weighted by Crippen LogP contribution is -2.43. The number of carbonyl (C=O) groups is 1. The van der Waals surface area contributed by atoms with E-state index in [2.05, 4.69) is 40.7 Å². The van der Waals surface area contributed by atoms with Crippen LogP contribution in [0.2, 0.25) is 0 Å². The van der Waals surface area contributed by atoms with Gasteiger partial charge in [0.15, 0.2) is 0 Å². The molecule has 1 aliphatic rings. The van der Waals surface area contributed by atoms with Crippen molar-refractivity contribution < 1.29 is 9.53 Å². The van der Waals surface area contributed by atoms with Gasteiger partial charge in [0.2, 0.25) is 0 Å². The number of esters is 1. The molecule has 0 aromatic rings. The molecular formula is C15H26O2. The molecule has 1 aliphatic carbocycles. The van der Waals surface area contributed by atoms with Crippen molar-refractivity contribution in [1.29, 1.82) is 0 Å². The van der Waals surface area contributed by atoms with E-state index >= 15 is 0 Å². The minimum Gasteiger partial charge on any atom is -0.459 e. The predicted octanol–water partition coefficient (Wildman–Crippen LogP) is 4.10. The Hall–Kier alpha value is -0.790. The van der Waals surface area contributed by atoms with Gasteiger partial charge in [-0.15, -0.1) is 0 Å². The van der Waals surface area contributed by atoms with E-state index in [-0.39, 0.29) is 17.0 Å². The average Bonchev–Trinajstić information content (AvgIpc) is 2.34. The van der Waals surface area contributed by atoms with Gasteiger partial charge in [0.1, 0.15) is 5.60 Å². The fraction of sp³-hybridized carbons (Fsp3) is 0.800. The zero-order chi connectivity index (χ0) is 13.3. The number of hydrogen-bond donors (Lipinski definition) is 0. The van der Waals surface area contributed by atoms with Crippen molar-refractivity contribution in [1.82, 2.24) is 0 Å². The number of rotatable bonds is 3. The van der Waals surface area contributed by atoms with E-state index in [4.69, 9.17) is 4.74 Å². The Labute approximate surface area is 105 Å². The van der Waals surface area contributed by atoms with Gasteiger partial charge in [0.05, 0.1) is 0 Å². The van der Waals surface area contributed by atoms with Crippen LogP contribution < -0.4 is 0 Å². The van der Waals surface area contributed by atoms with E-state index in [9.17, 15) is 4.79 Å². The highest BCUT2D eigenvalue weighted by Crippen LogP contribution is 2.53. The minimum absolute atomic E-state index is 0.0462. The summed E-state index contributed by atoms with van der Waals surface area (Å²) in [4.78, 5) is 11.2. The Bertz CT molecular complexity index is 324. The average molecular weight is 238 g/mol. The Morgan fingerprint density at radius 2 is 1.88 bits per heavy atom. The highest BCUT2D eigenvalue weighted by Gasteiger charge is 2.53. The third kappa shape index (κ3) is 2.91. The molecule has 0 amide bonds. The topological polar surface area (TPSA) is 26.3 Å². The zero-order valence-corrected chi connectivity index (χ0v) is 12.1. The Morgan fingerprint density at radius 1 is 1.29 bits per heavy atom. The standard InChI is InChI=1S/C15H26O2/c1-11(2)7-8-13-9-10-15(6,14(13,4)5)17-12(3)16/h7,13H,8-10H2,1-6H3. The van der Waals surface area contributed by atoms with Gasteiger partial charge in [0, 0.05) is 12.3 Å². The minimum atomic E-state index is -0.307. The molecule has 2 atom stereocenters. The Morgan fingerprint density at radius 3 is 2.35 bits per heavy atom. The number of allylic oxidation sites excluding steroid dienone is 2. The monoisotopic (exact) mass is 238 g/mol. The van der Waals surface area contributed by atoms with Crippen LogP contribution in [0.15, 0.2) is 11.6 Å². The smallest absolute Gasteiger partial charge is 0.303 e. The maximum absolute atomic E-state index is 11.2. The number of carbonyl (C=O) groups excluding carboxylic acids is 1. The molecule has 0 radical (unpaired) electrons. The van der Waals surface area contributed by atoms with E-state index < -0.39 is 0 Å². The van der Waals surface area contributed by atoms with Crippen LogP contribution in [0.5, 0.6) is 0 Å². The molecule has 0 bridgehead atoms. The molecule has 0 heterocycles. The van der Waals surface area contributed by atoms with Gasteiger partial charge in [-0.25, -0.2) is 0 Å². The second kappa shape index (κ2) is 4.83. The highest BCUT2D eigenvalue weighted by molar-refractivity contribution is 5.66. The molecule has 2 unspecified atom stereocenters. The summed E-state index contributed by atoms with van der Waals surface area (Å²) in [7, 11) is 0. The van der Waals surface area contributed by atoms with E-state index in [0.717, 1.165) is 19.3 Å². The summed E-state index contributed by atoms with van der Waals surface area (Å²) in [5.41, 5.74) is 1.10. The molecule has 0 saturated heterocycles. The molecule has 1 saturated carbocycles. The van der Waals surface area contributed by atoms with Gasteiger partial charge in [0.25, 0.3) is 0 Å². The summed E-state index contributed by atoms with van der Waals surface area (Å²) in [6.07, 6.45) is 5.50. The summed E-state index contributed by atoms with van der Waals surface area (Å²) in [5.74, 6) is 0.435. The molecule has 0 spiro atoms. The molecule has 2 heteroatoms. The number of ether oxygens (including phenoxy) is 1. The third-order valence-corrected chi connectivity index (χ3v) is 4.53. The normalized spacial score (nSPS) is 31.1. The van der Waals surface area contributed by atoms with Crippen molar-refractivity contribution in [2.45, 2.75) is 66.4 Å². The maximum atomic E-state index is 11.2. The summed E-state index contributed by atoms with van der Waals surface area (Å²) in [5, 5.41) is 0. The summed E-state index contributed by atoms with van der Waals surface area (Å²) in [6, 6.07) is 0. The summed E-state index contributed by atoms with van der Waals surface area (Å²) >= 11 is 0. The first kappa shape index (κ1) is 14.3. The maximum Gasteiger partial charge on any atom is 0.303 e. The lowest BCUT2D eigenvalue weighted by atomic mass is 9.72. The van der Waals surface area contributed by atoms with Gasteiger partial charge < -0.3 is 4.74 Å². The first-order valence-electron chi connectivity index (χ1n) is 6.52. The largest absolute Gasteiger partial charge is 0.459 e. The van der Waals surface area contributed by atoms with Gasteiger partial charge in [-0.05, 0) is 46.0 Å². The molecule has 17 heavy (non-hydrogen) atoms. The second-order valence-corrected chi connectivity index (χ2v) is 6.30. The van der Waals surface area contributed by atoms with Crippen molar-refractivity contribution in [3.8, 4) is 0 Å². The van der Waals surface area contributed by atoms with Crippen LogP contribution in [0.25, 0.3) is 0 Å². The van der Waals surface area contributed by atoms with E-state index in [1.165, 1.54) is 12.5 Å². The second-order valence-electron chi connectivity index (χ2n) is 6.30.